The maximum atomic E-state index is 13.0. The minimum atomic E-state index is -0.306. The molecule has 0 spiro atoms. The van der Waals surface area contributed by atoms with Gasteiger partial charge in [-0.25, -0.2) is 9.37 Å². The van der Waals surface area contributed by atoms with Gasteiger partial charge in [-0.05, 0) is 45.0 Å². The van der Waals surface area contributed by atoms with E-state index in [1.807, 2.05) is 25.7 Å². The van der Waals surface area contributed by atoms with Crippen molar-refractivity contribution in [3.05, 3.63) is 42.2 Å². The molecular weight excluding hydrogens is 387 g/mol. The van der Waals surface area contributed by atoms with Crippen LogP contribution in [0.2, 0.25) is 0 Å². The molecule has 1 aromatic heterocycles. The third-order valence-corrected chi connectivity index (χ3v) is 4.84. The van der Waals surface area contributed by atoms with E-state index >= 15 is 0 Å². The number of amides is 2. The SMILES string of the molecule is CC(C)(C)NC(=O)CN1CCN(C(=O)CCc2ncc(-c3ccc(F)cc3)o2)CC1. The zero-order valence-corrected chi connectivity index (χ0v) is 17.8. The normalized spacial score (nSPS) is 15.3. The summed E-state index contributed by atoms with van der Waals surface area (Å²) >= 11 is 0. The van der Waals surface area contributed by atoms with Crippen molar-refractivity contribution in [1.82, 2.24) is 20.1 Å². The number of hydrogen-bond acceptors (Lipinski definition) is 5. The summed E-state index contributed by atoms with van der Waals surface area (Å²) < 4.78 is 18.7. The molecule has 162 valence electrons. The Kier molecular flexibility index (Phi) is 6.87. The number of piperazine rings is 1. The Bertz CT molecular complexity index is 865. The number of carbonyl (C=O) groups excluding carboxylic acids is 2. The summed E-state index contributed by atoms with van der Waals surface area (Å²) in [5, 5.41) is 2.96. The largest absolute Gasteiger partial charge is 0.441 e. The van der Waals surface area contributed by atoms with Crippen LogP contribution in [-0.2, 0) is 16.0 Å². The fourth-order valence-electron chi connectivity index (χ4n) is 3.36. The first-order chi connectivity index (χ1) is 14.2. The van der Waals surface area contributed by atoms with Crippen molar-refractivity contribution in [2.75, 3.05) is 32.7 Å². The van der Waals surface area contributed by atoms with Crippen LogP contribution in [0.5, 0.6) is 0 Å². The monoisotopic (exact) mass is 416 g/mol. The molecule has 0 atom stereocenters. The van der Waals surface area contributed by atoms with Gasteiger partial charge in [0.25, 0.3) is 0 Å². The number of benzene rings is 1. The van der Waals surface area contributed by atoms with Crippen molar-refractivity contribution in [3.63, 3.8) is 0 Å². The molecular formula is C22H29FN4O3. The highest BCUT2D eigenvalue weighted by Gasteiger charge is 2.24. The predicted octanol–water partition coefficient (Wildman–Crippen LogP) is 2.47. The summed E-state index contributed by atoms with van der Waals surface area (Å²) in [6.07, 6.45) is 2.32. The minimum Gasteiger partial charge on any atom is -0.441 e. The van der Waals surface area contributed by atoms with Crippen LogP contribution < -0.4 is 5.32 Å². The number of halogens is 1. The number of aryl methyl sites for hydroxylation is 1. The summed E-state index contributed by atoms with van der Waals surface area (Å²) in [7, 11) is 0. The molecule has 0 bridgehead atoms. The molecule has 2 aromatic rings. The van der Waals surface area contributed by atoms with Crippen molar-refractivity contribution < 1.29 is 18.4 Å². The van der Waals surface area contributed by atoms with E-state index in [9.17, 15) is 14.0 Å². The number of rotatable bonds is 6. The lowest BCUT2D eigenvalue weighted by Gasteiger charge is -2.35. The van der Waals surface area contributed by atoms with E-state index in [-0.39, 0.29) is 23.2 Å². The van der Waals surface area contributed by atoms with Gasteiger partial charge in [-0.2, -0.15) is 0 Å². The molecule has 7 nitrogen and oxygen atoms in total. The topological polar surface area (TPSA) is 78.7 Å². The van der Waals surface area contributed by atoms with Gasteiger partial charge in [-0.3, -0.25) is 14.5 Å². The van der Waals surface area contributed by atoms with Gasteiger partial charge < -0.3 is 14.6 Å². The molecule has 30 heavy (non-hydrogen) atoms. The van der Waals surface area contributed by atoms with Gasteiger partial charge in [0.15, 0.2) is 11.7 Å². The van der Waals surface area contributed by atoms with Crippen LogP contribution in [0.4, 0.5) is 4.39 Å². The van der Waals surface area contributed by atoms with Gasteiger partial charge >= 0.3 is 0 Å². The minimum absolute atomic E-state index is 0.00290. The Balaban J connectivity index is 1.42. The van der Waals surface area contributed by atoms with Crippen LogP contribution in [0.1, 0.15) is 33.1 Å². The quantitative estimate of drug-likeness (QED) is 0.783. The number of carbonyl (C=O) groups is 2. The van der Waals surface area contributed by atoms with Crippen LogP contribution in [-0.4, -0.2) is 64.9 Å². The first kappa shape index (κ1) is 22.0. The molecule has 0 saturated carbocycles. The molecule has 1 saturated heterocycles. The van der Waals surface area contributed by atoms with Crippen LogP contribution in [0, 0.1) is 5.82 Å². The number of oxazole rings is 1. The van der Waals surface area contributed by atoms with Crippen LogP contribution in [0.25, 0.3) is 11.3 Å². The van der Waals surface area contributed by atoms with E-state index in [0.29, 0.717) is 57.2 Å². The molecule has 8 heteroatoms. The third kappa shape index (κ3) is 6.38. The van der Waals surface area contributed by atoms with Gasteiger partial charge in [0.05, 0.1) is 12.7 Å². The lowest BCUT2D eigenvalue weighted by molar-refractivity contribution is -0.133. The molecule has 1 aliphatic heterocycles. The lowest BCUT2D eigenvalue weighted by atomic mass is 10.1. The van der Waals surface area contributed by atoms with Gasteiger partial charge in [0.2, 0.25) is 11.8 Å². The maximum absolute atomic E-state index is 13.0. The molecule has 1 aromatic carbocycles. The summed E-state index contributed by atoms with van der Waals surface area (Å²) in [6, 6.07) is 6.00. The molecule has 1 fully saturated rings. The van der Waals surface area contributed by atoms with Gasteiger partial charge in [-0.1, -0.05) is 0 Å². The third-order valence-electron chi connectivity index (χ3n) is 4.84. The Morgan fingerprint density at radius 2 is 1.80 bits per heavy atom. The molecule has 1 aliphatic rings. The molecule has 0 unspecified atom stereocenters. The molecule has 2 amide bonds. The van der Waals surface area contributed by atoms with Crippen molar-refractivity contribution in [2.45, 2.75) is 39.2 Å². The van der Waals surface area contributed by atoms with Crippen molar-refractivity contribution in [3.8, 4) is 11.3 Å². The lowest BCUT2D eigenvalue weighted by Crippen LogP contribution is -2.52. The number of nitrogens with zero attached hydrogens (tertiary/aromatic N) is 3. The summed E-state index contributed by atoms with van der Waals surface area (Å²) in [6.45, 7) is 8.78. The molecule has 0 aliphatic carbocycles. The van der Waals surface area contributed by atoms with Crippen LogP contribution >= 0.6 is 0 Å². The Hall–Kier alpha value is -2.74. The van der Waals surface area contributed by atoms with Crippen LogP contribution in [0.3, 0.4) is 0 Å². The standard InChI is InChI=1S/C22H29FN4O3/c1-22(2,3)25-19(28)15-26-10-12-27(13-11-26)21(29)9-8-20-24-14-18(30-20)16-4-6-17(23)7-5-16/h4-7,14H,8-13,15H2,1-3H3,(H,25,28). The van der Waals surface area contributed by atoms with Crippen molar-refractivity contribution in [2.24, 2.45) is 0 Å². The smallest absolute Gasteiger partial charge is 0.234 e. The highest BCUT2D eigenvalue weighted by atomic mass is 19.1. The number of hydrogen-bond donors (Lipinski definition) is 1. The van der Waals surface area contributed by atoms with E-state index < -0.39 is 0 Å². The second-order valence-electron chi connectivity index (χ2n) is 8.58. The van der Waals surface area contributed by atoms with Gasteiger partial charge in [-0.15, -0.1) is 0 Å². The van der Waals surface area contributed by atoms with E-state index in [4.69, 9.17) is 4.42 Å². The van der Waals surface area contributed by atoms with Crippen molar-refractivity contribution >= 4 is 11.8 Å². The average molecular weight is 416 g/mol. The summed E-state index contributed by atoms with van der Waals surface area (Å²) in [5.41, 5.74) is 0.499. The molecule has 1 N–H and O–H groups in total. The summed E-state index contributed by atoms with van der Waals surface area (Å²) in [5.74, 6) is 0.789. The van der Waals surface area contributed by atoms with Gasteiger partial charge in [0.1, 0.15) is 5.82 Å². The fourth-order valence-corrected chi connectivity index (χ4v) is 3.36. The summed E-state index contributed by atoms with van der Waals surface area (Å²) in [4.78, 5) is 32.7. The predicted molar refractivity (Wildman–Crippen MR) is 111 cm³/mol. The second-order valence-corrected chi connectivity index (χ2v) is 8.58. The molecule has 2 heterocycles. The molecule has 0 radical (unpaired) electrons. The first-order valence-corrected chi connectivity index (χ1v) is 10.2. The Morgan fingerprint density at radius 1 is 1.13 bits per heavy atom. The zero-order chi connectivity index (χ0) is 21.7. The average Bonchev–Trinajstić information content (AvgIpc) is 3.15. The Morgan fingerprint density at radius 3 is 2.43 bits per heavy atom. The highest BCUT2D eigenvalue weighted by Crippen LogP contribution is 2.21. The molecule has 3 rings (SSSR count). The van der Waals surface area contributed by atoms with E-state index in [1.165, 1.54) is 12.1 Å². The maximum Gasteiger partial charge on any atom is 0.234 e. The van der Waals surface area contributed by atoms with E-state index in [1.54, 1.807) is 18.3 Å². The van der Waals surface area contributed by atoms with Crippen LogP contribution in [0.15, 0.2) is 34.9 Å². The first-order valence-electron chi connectivity index (χ1n) is 10.2. The van der Waals surface area contributed by atoms with E-state index in [2.05, 4.69) is 15.2 Å². The zero-order valence-electron chi connectivity index (χ0n) is 17.8. The van der Waals surface area contributed by atoms with Gasteiger partial charge in [0, 0.05) is 50.1 Å². The second kappa shape index (κ2) is 9.38. The fraction of sp³-hybridized carbons (Fsp3) is 0.500. The number of aromatic nitrogens is 1. The van der Waals surface area contributed by atoms with Crippen molar-refractivity contribution in [1.29, 1.82) is 0 Å². The van der Waals surface area contributed by atoms with E-state index in [0.717, 1.165) is 5.56 Å². The number of nitrogens with one attached hydrogen (secondary N) is 1. The Labute approximate surface area is 176 Å². The highest BCUT2D eigenvalue weighted by molar-refractivity contribution is 5.79.